The van der Waals surface area contributed by atoms with E-state index >= 15 is 0 Å². The average Bonchev–Trinajstić information content (AvgIpc) is 2.44. The summed E-state index contributed by atoms with van der Waals surface area (Å²) in [4.78, 5) is 10.5. The molecule has 0 saturated heterocycles. The summed E-state index contributed by atoms with van der Waals surface area (Å²) < 4.78 is 5.84. The molecule has 0 radical (unpaired) electrons. The zero-order valence-corrected chi connectivity index (χ0v) is 12.5. The molecular formula is C15H15ClN2O3. The van der Waals surface area contributed by atoms with Gasteiger partial charge in [0.15, 0.2) is 0 Å². The van der Waals surface area contributed by atoms with Crippen LogP contribution in [0.15, 0.2) is 36.4 Å². The molecule has 0 heterocycles. The average molecular weight is 307 g/mol. The van der Waals surface area contributed by atoms with Crippen molar-refractivity contribution >= 4 is 17.3 Å². The lowest BCUT2D eigenvalue weighted by atomic mass is 10.1. The summed E-state index contributed by atoms with van der Waals surface area (Å²) in [6.07, 6.45) is 0. The lowest BCUT2D eigenvalue weighted by Crippen LogP contribution is -2.06. The van der Waals surface area contributed by atoms with Gasteiger partial charge < -0.3 is 10.1 Å². The molecule has 5 nitrogen and oxygen atoms in total. The predicted octanol–water partition coefficient (Wildman–Crippen LogP) is 4.07. The van der Waals surface area contributed by atoms with Crippen molar-refractivity contribution in [2.24, 2.45) is 0 Å². The molecular weight excluding hydrogens is 292 g/mol. The van der Waals surface area contributed by atoms with E-state index in [9.17, 15) is 10.1 Å². The Hall–Kier alpha value is -2.11. The van der Waals surface area contributed by atoms with Crippen LogP contribution in [0.1, 0.15) is 11.1 Å². The van der Waals surface area contributed by atoms with E-state index in [0.29, 0.717) is 28.6 Å². The summed E-state index contributed by atoms with van der Waals surface area (Å²) in [5.41, 5.74) is 1.42. The minimum atomic E-state index is -0.418. The van der Waals surface area contributed by atoms with Gasteiger partial charge >= 0.3 is 0 Å². The third kappa shape index (κ3) is 3.51. The Labute approximate surface area is 127 Å². The minimum Gasteiger partial charge on any atom is -0.456 e. The SMILES string of the molecule is CNCc1cc(Cl)ccc1Oc1cccc([N+](=O)[O-])c1C. The molecule has 2 aromatic rings. The Morgan fingerprint density at radius 3 is 2.71 bits per heavy atom. The first-order chi connectivity index (χ1) is 10.0. The summed E-state index contributed by atoms with van der Waals surface area (Å²) in [6.45, 7) is 2.25. The normalized spacial score (nSPS) is 10.4. The molecule has 21 heavy (non-hydrogen) atoms. The maximum absolute atomic E-state index is 11.0. The molecule has 6 heteroatoms. The number of ether oxygens (including phenoxy) is 1. The summed E-state index contributed by atoms with van der Waals surface area (Å²) in [7, 11) is 1.82. The van der Waals surface area contributed by atoms with Crippen LogP contribution in [0, 0.1) is 17.0 Å². The molecule has 2 aromatic carbocycles. The number of nitro benzene ring substituents is 1. The van der Waals surface area contributed by atoms with Crippen LogP contribution in [0.4, 0.5) is 5.69 Å². The van der Waals surface area contributed by atoms with Gasteiger partial charge in [-0.2, -0.15) is 0 Å². The summed E-state index contributed by atoms with van der Waals surface area (Å²) in [5.74, 6) is 1.08. The van der Waals surface area contributed by atoms with Crippen LogP contribution in [-0.4, -0.2) is 12.0 Å². The second-order valence-corrected chi connectivity index (χ2v) is 4.98. The number of nitrogens with zero attached hydrogens (tertiary/aromatic N) is 1. The fraction of sp³-hybridized carbons (Fsp3) is 0.200. The Morgan fingerprint density at radius 2 is 2.05 bits per heavy atom. The van der Waals surface area contributed by atoms with Crippen molar-refractivity contribution in [3.8, 4) is 11.5 Å². The summed E-state index contributed by atoms with van der Waals surface area (Å²) in [6, 6.07) is 10.1. The molecule has 1 N–H and O–H groups in total. The van der Waals surface area contributed by atoms with E-state index < -0.39 is 4.92 Å². The third-order valence-corrected chi connectivity index (χ3v) is 3.30. The van der Waals surface area contributed by atoms with Gasteiger partial charge in [-0.3, -0.25) is 10.1 Å². The van der Waals surface area contributed by atoms with E-state index in [0.717, 1.165) is 5.56 Å². The third-order valence-electron chi connectivity index (χ3n) is 3.06. The first-order valence-electron chi connectivity index (χ1n) is 6.38. The summed E-state index contributed by atoms with van der Waals surface area (Å²) >= 11 is 5.98. The first-order valence-corrected chi connectivity index (χ1v) is 6.75. The van der Waals surface area contributed by atoms with Crippen LogP contribution in [0.5, 0.6) is 11.5 Å². The highest BCUT2D eigenvalue weighted by Gasteiger charge is 2.15. The molecule has 0 unspecified atom stereocenters. The summed E-state index contributed by atoms with van der Waals surface area (Å²) in [5, 5.41) is 14.6. The van der Waals surface area contributed by atoms with Crippen LogP contribution >= 0.6 is 11.6 Å². The van der Waals surface area contributed by atoms with Crippen molar-refractivity contribution in [2.45, 2.75) is 13.5 Å². The monoisotopic (exact) mass is 306 g/mol. The first kappa shape index (κ1) is 15.3. The Kier molecular flexibility index (Phi) is 4.77. The molecule has 0 aliphatic carbocycles. The highest BCUT2D eigenvalue weighted by atomic mass is 35.5. The molecule has 0 aliphatic rings. The lowest BCUT2D eigenvalue weighted by molar-refractivity contribution is -0.385. The van der Waals surface area contributed by atoms with Gasteiger partial charge in [0.2, 0.25) is 0 Å². The highest BCUT2D eigenvalue weighted by molar-refractivity contribution is 6.30. The molecule has 0 amide bonds. The largest absolute Gasteiger partial charge is 0.456 e. The number of hydrogen-bond acceptors (Lipinski definition) is 4. The molecule has 0 aliphatic heterocycles. The number of hydrogen-bond donors (Lipinski definition) is 1. The van der Waals surface area contributed by atoms with Gasteiger partial charge in [0.1, 0.15) is 11.5 Å². The Morgan fingerprint density at radius 1 is 1.29 bits per heavy atom. The maximum Gasteiger partial charge on any atom is 0.276 e. The van der Waals surface area contributed by atoms with E-state index in [2.05, 4.69) is 5.32 Å². The van der Waals surface area contributed by atoms with Crippen molar-refractivity contribution in [1.82, 2.24) is 5.32 Å². The van der Waals surface area contributed by atoms with Gasteiger partial charge in [-0.25, -0.2) is 0 Å². The predicted molar refractivity (Wildman–Crippen MR) is 82.1 cm³/mol. The second kappa shape index (κ2) is 6.56. The Bertz CT molecular complexity index is 674. The van der Waals surface area contributed by atoms with Crippen LogP contribution < -0.4 is 10.1 Å². The lowest BCUT2D eigenvalue weighted by Gasteiger charge is -2.13. The maximum atomic E-state index is 11.0. The van der Waals surface area contributed by atoms with Crippen LogP contribution in [0.2, 0.25) is 5.02 Å². The van der Waals surface area contributed by atoms with Gasteiger partial charge in [0, 0.05) is 23.2 Å². The number of nitro groups is 1. The minimum absolute atomic E-state index is 0.0385. The fourth-order valence-corrected chi connectivity index (χ4v) is 2.20. The van der Waals surface area contributed by atoms with Crippen molar-refractivity contribution in [3.63, 3.8) is 0 Å². The molecule has 0 spiro atoms. The zero-order chi connectivity index (χ0) is 15.4. The molecule has 0 bridgehead atoms. The van der Waals surface area contributed by atoms with Crippen molar-refractivity contribution < 1.29 is 9.66 Å². The highest BCUT2D eigenvalue weighted by Crippen LogP contribution is 2.33. The van der Waals surface area contributed by atoms with Gasteiger partial charge in [0.05, 0.1) is 10.5 Å². The van der Waals surface area contributed by atoms with Crippen LogP contribution in [0.3, 0.4) is 0 Å². The van der Waals surface area contributed by atoms with E-state index in [4.69, 9.17) is 16.3 Å². The van der Waals surface area contributed by atoms with Crippen molar-refractivity contribution in [1.29, 1.82) is 0 Å². The smallest absolute Gasteiger partial charge is 0.276 e. The standard InChI is InChI=1S/C15H15ClN2O3/c1-10-13(18(19)20)4-3-5-14(10)21-15-7-6-12(16)8-11(15)9-17-2/h3-8,17H,9H2,1-2H3. The van der Waals surface area contributed by atoms with Gasteiger partial charge in [-0.15, -0.1) is 0 Å². The van der Waals surface area contributed by atoms with E-state index in [-0.39, 0.29) is 5.69 Å². The number of benzene rings is 2. The van der Waals surface area contributed by atoms with Crippen LogP contribution in [-0.2, 0) is 6.54 Å². The molecule has 0 atom stereocenters. The van der Waals surface area contributed by atoms with Crippen LogP contribution in [0.25, 0.3) is 0 Å². The van der Waals surface area contributed by atoms with Gasteiger partial charge in [0.25, 0.3) is 5.69 Å². The second-order valence-electron chi connectivity index (χ2n) is 4.54. The number of nitrogens with one attached hydrogen (secondary N) is 1. The number of halogens is 1. The quantitative estimate of drug-likeness (QED) is 0.668. The van der Waals surface area contributed by atoms with Crippen molar-refractivity contribution in [2.75, 3.05) is 7.05 Å². The number of rotatable bonds is 5. The topological polar surface area (TPSA) is 64.4 Å². The fourth-order valence-electron chi connectivity index (χ4n) is 2.01. The zero-order valence-electron chi connectivity index (χ0n) is 11.7. The molecule has 0 aromatic heterocycles. The van der Waals surface area contributed by atoms with Gasteiger partial charge in [-0.1, -0.05) is 17.7 Å². The molecule has 2 rings (SSSR count). The molecule has 0 saturated carbocycles. The van der Waals surface area contributed by atoms with E-state index in [1.807, 2.05) is 7.05 Å². The van der Waals surface area contributed by atoms with Crippen molar-refractivity contribution in [3.05, 3.63) is 62.7 Å². The molecule has 110 valence electrons. The van der Waals surface area contributed by atoms with Gasteiger partial charge in [-0.05, 0) is 38.2 Å². The Balaban J connectivity index is 2.39. The van der Waals surface area contributed by atoms with E-state index in [1.165, 1.54) is 6.07 Å². The molecule has 0 fully saturated rings. The van der Waals surface area contributed by atoms with E-state index in [1.54, 1.807) is 37.3 Å².